The van der Waals surface area contributed by atoms with E-state index in [4.69, 9.17) is 10.8 Å². The topological polar surface area (TPSA) is 66.6 Å². The van der Waals surface area contributed by atoms with Crippen LogP contribution in [0.5, 0.6) is 0 Å². The van der Waals surface area contributed by atoms with Crippen molar-refractivity contribution in [1.29, 1.82) is 0 Å². The molecule has 0 aromatic heterocycles. The van der Waals surface area contributed by atoms with Gasteiger partial charge in [0.25, 0.3) is 5.91 Å². The summed E-state index contributed by atoms with van der Waals surface area (Å²) in [5.41, 5.74) is 7.20. The van der Waals surface area contributed by atoms with Crippen LogP contribution >= 0.6 is 0 Å². The summed E-state index contributed by atoms with van der Waals surface area (Å²) in [4.78, 5) is 13.4. The van der Waals surface area contributed by atoms with Crippen LogP contribution in [-0.4, -0.2) is 42.7 Å². The van der Waals surface area contributed by atoms with Crippen molar-refractivity contribution in [3.8, 4) is 0 Å². The maximum Gasteiger partial charge on any atom is 0.253 e. The van der Waals surface area contributed by atoms with Gasteiger partial charge < -0.3 is 15.7 Å². The second kappa shape index (κ2) is 5.63. The molecule has 4 nitrogen and oxygen atoms in total. The van der Waals surface area contributed by atoms with Crippen LogP contribution in [0.4, 0.5) is 0 Å². The molecule has 0 saturated carbocycles. The Kier molecular flexibility index (Phi) is 4.46. The van der Waals surface area contributed by atoms with Gasteiger partial charge >= 0.3 is 0 Å². The van der Waals surface area contributed by atoms with Gasteiger partial charge in [0, 0.05) is 25.7 Å². The van der Waals surface area contributed by atoms with Crippen molar-refractivity contribution in [3.05, 3.63) is 35.4 Å². The lowest BCUT2D eigenvalue weighted by Gasteiger charge is -2.15. The number of hydrogen-bond donors (Lipinski definition) is 2. The molecular weight excluding hydrogens is 204 g/mol. The van der Waals surface area contributed by atoms with E-state index in [1.54, 1.807) is 20.2 Å². The lowest BCUT2D eigenvalue weighted by atomic mass is 10.00. The van der Waals surface area contributed by atoms with Crippen LogP contribution in [-0.2, 0) is 6.42 Å². The zero-order chi connectivity index (χ0) is 12.1. The van der Waals surface area contributed by atoms with Gasteiger partial charge in [-0.1, -0.05) is 18.2 Å². The summed E-state index contributed by atoms with van der Waals surface area (Å²) in [6, 6.07) is 7.01. The second-order valence-corrected chi connectivity index (χ2v) is 4.00. The minimum Gasteiger partial charge on any atom is -0.395 e. The van der Waals surface area contributed by atoms with E-state index in [-0.39, 0.29) is 18.6 Å². The van der Waals surface area contributed by atoms with Crippen molar-refractivity contribution >= 4 is 5.91 Å². The molecule has 0 aliphatic carbocycles. The largest absolute Gasteiger partial charge is 0.395 e. The first kappa shape index (κ1) is 12.7. The Morgan fingerprint density at radius 2 is 2.06 bits per heavy atom. The van der Waals surface area contributed by atoms with Crippen molar-refractivity contribution in [3.63, 3.8) is 0 Å². The number of rotatable bonds is 4. The lowest BCUT2D eigenvalue weighted by molar-refractivity contribution is 0.0826. The molecule has 0 unspecified atom stereocenters. The van der Waals surface area contributed by atoms with E-state index in [9.17, 15) is 4.79 Å². The zero-order valence-electron chi connectivity index (χ0n) is 9.68. The summed E-state index contributed by atoms with van der Waals surface area (Å²) in [5, 5.41) is 8.91. The molecule has 0 heterocycles. The monoisotopic (exact) mass is 222 g/mol. The Labute approximate surface area is 95.7 Å². The molecule has 0 saturated heterocycles. The normalized spacial score (nSPS) is 12.2. The van der Waals surface area contributed by atoms with E-state index in [2.05, 4.69) is 0 Å². The maximum absolute atomic E-state index is 11.9. The number of hydrogen-bond acceptors (Lipinski definition) is 3. The molecule has 1 aromatic rings. The van der Waals surface area contributed by atoms with Gasteiger partial charge in [0.05, 0.1) is 6.61 Å². The molecule has 1 aromatic carbocycles. The highest BCUT2D eigenvalue weighted by atomic mass is 16.3. The number of nitrogens with zero attached hydrogens (tertiary/aromatic N) is 1. The number of carbonyl (C=O) groups excluding carboxylic acids is 1. The molecular formula is C12H18N2O2. The zero-order valence-corrected chi connectivity index (χ0v) is 9.68. The smallest absolute Gasteiger partial charge is 0.253 e. The molecule has 16 heavy (non-hydrogen) atoms. The van der Waals surface area contributed by atoms with Crippen molar-refractivity contribution in [2.75, 3.05) is 20.7 Å². The molecule has 0 aliphatic heterocycles. The Hall–Kier alpha value is -1.39. The first-order chi connectivity index (χ1) is 7.56. The highest BCUT2D eigenvalue weighted by Gasteiger charge is 2.14. The van der Waals surface area contributed by atoms with E-state index in [1.807, 2.05) is 18.2 Å². The van der Waals surface area contributed by atoms with Crippen LogP contribution in [0.15, 0.2) is 24.3 Å². The predicted octanol–water partition coefficient (Wildman–Crippen LogP) is 0.251. The van der Waals surface area contributed by atoms with Crippen LogP contribution in [0.25, 0.3) is 0 Å². The average molecular weight is 222 g/mol. The van der Waals surface area contributed by atoms with Gasteiger partial charge in [-0.2, -0.15) is 0 Å². The third-order valence-corrected chi connectivity index (χ3v) is 2.37. The predicted molar refractivity (Wildman–Crippen MR) is 63.2 cm³/mol. The number of amides is 1. The molecule has 0 aliphatic rings. The SMILES string of the molecule is CN(C)C(=O)c1ccccc1C[C@@H](N)CO. The van der Waals surface area contributed by atoms with Crippen molar-refractivity contribution in [2.45, 2.75) is 12.5 Å². The third kappa shape index (κ3) is 3.05. The van der Waals surface area contributed by atoms with Gasteiger partial charge in [0.15, 0.2) is 0 Å². The van der Waals surface area contributed by atoms with Gasteiger partial charge in [-0.3, -0.25) is 4.79 Å². The Morgan fingerprint density at radius 3 is 2.62 bits per heavy atom. The van der Waals surface area contributed by atoms with Gasteiger partial charge in [-0.05, 0) is 18.1 Å². The second-order valence-electron chi connectivity index (χ2n) is 4.00. The molecule has 0 spiro atoms. The number of benzene rings is 1. The first-order valence-corrected chi connectivity index (χ1v) is 5.22. The summed E-state index contributed by atoms with van der Waals surface area (Å²) in [5.74, 6) is -0.0410. The third-order valence-electron chi connectivity index (χ3n) is 2.37. The van der Waals surface area contributed by atoms with Crippen LogP contribution < -0.4 is 5.73 Å². The van der Waals surface area contributed by atoms with Crippen molar-refractivity contribution < 1.29 is 9.90 Å². The standard InChI is InChI=1S/C12H18N2O2/c1-14(2)12(16)11-6-4-3-5-9(11)7-10(13)8-15/h3-6,10,15H,7-8,13H2,1-2H3/t10-/m1/s1. The van der Waals surface area contributed by atoms with E-state index >= 15 is 0 Å². The average Bonchev–Trinajstić information content (AvgIpc) is 2.28. The molecule has 1 atom stereocenters. The minimum atomic E-state index is -0.323. The number of aliphatic hydroxyl groups is 1. The van der Waals surface area contributed by atoms with Crippen molar-refractivity contribution in [1.82, 2.24) is 4.90 Å². The van der Waals surface area contributed by atoms with Crippen LogP contribution in [0, 0.1) is 0 Å². The summed E-state index contributed by atoms with van der Waals surface area (Å²) in [7, 11) is 3.43. The fraction of sp³-hybridized carbons (Fsp3) is 0.417. The summed E-state index contributed by atoms with van der Waals surface area (Å²) < 4.78 is 0. The molecule has 4 heteroatoms. The maximum atomic E-state index is 11.9. The Bertz CT molecular complexity index is 364. The number of nitrogens with two attached hydrogens (primary N) is 1. The summed E-state index contributed by atoms with van der Waals surface area (Å²) >= 11 is 0. The van der Waals surface area contributed by atoms with Gasteiger partial charge in [-0.25, -0.2) is 0 Å². The summed E-state index contributed by atoms with van der Waals surface area (Å²) in [6.45, 7) is -0.0789. The quantitative estimate of drug-likeness (QED) is 0.767. The minimum absolute atomic E-state index is 0.0410. The van der Waals surface area contributed by atoms with Gasteiger partial charge in [0.2, 0.25) is 0 Å². The highest BCUT2D eigenvalue weighted by Crippen LogP contribution is 2.12. The molecule has 88 valence electrons. The van der Waals surface area contributed by atoms with Crippen LogP contribution in [0.3, 0.4) is 0 Å². The van der Waals surface area contributed by atoms with Crippen LogP contribution in [0.2, 0.25) is 0 Å². The number of aliphatic hydroxyl groups excluding tert-OH is 1. The van der Waals surface area contributed by atoms with Crippen LogP contribution in [0.1, 0.15) is 15.9 Å². The van der Waals surface area contributed by atoms with E-state index < -0.39 is 0 Å². The van der Waals surface area contributed by atoms with E-state index in [0.29, 0.717) is 12.0 Å². The fourth-order valence-corrected chi connectivity index (χ4v) is 1.49. The molecule has 3 N–H and O–H groups in total. The highest BCUT2D eigenvalue weighted by molar-refractivity contribution is 5.95. The summed E-state index contributed by atoms with van der Waals surface area (Å²) in [6.07, 6.45) is 0.506. The Balaban J connectivity index is 2.96. The lowest BCUT2D eigenvalue weighted by Crippen LogP contribution is -2.29. The Morgan fingerprint density at radius 1 is 1.44 bits per heavy atom. The number of carbonyl (C=O) groups is 1. The molecule has 0 radical (unpaired) electrons. The van der Waals surface area contributed by atoms with E-state index in [1.165, 1.54) is 4.90 Å². The molecule has 0 fully saturated rings. The van der Waals surface area contributed by atoms with Gasteiger partial charge in [-0.15, -0.1) is 0 Å². The van der Waals surface area contributed by atoms with Gasteiger partial charge in [0.1, 0.15) is 0 Å². The molecule has 1 rings (SSSR count). The molecule has 1 amide bonds. The fourth-order valence-electron chi connectivity index (χ4n) is 1.49. The van der Waals surface area contributed by atoms with Crippen molar-refractivity contribution in [2.24, 2.45) is 5.73 Å². The van der Waals surface area contributed by atoms with E-state index in [0.717, 1.165) is 5.56 Å². The molecule has 0 bridgehead atoms. The first-order valence-electron chi connectivity index (χ1n) is 5.22.